The second-order valence-corrected chi connectivity index (χ2v) is 23.5. The lowest BCUT2D eigenvalue weighted by molar-refractivity contribution is 0.495. The number of hydrogen-bond acceptors (Lipinski definition) is 4. The Labute approximate surface area is 205 Å². The second kappa shape index (κ2) is 8.43. The number of rotatable bonds is 2. The zero-order chi connectivity index (χ0) is 23.6. The molecule has 2 rings (SSSR count). The standard InChI is InChI=1S/C18H29Cl5N3OP3/c1-16(2,3)12-10-13(17(4,5)6)15(14(11-12)18(7,8)9)27-30(23)25-28(19,20)24-29(21,22)26-30/h10-11H,1-9H3. The van der Waals surface area contributed by atoms with E-state index in [4.69, 9.17) is 60.7 Å². The van der Waals surface area contributed by atoms with Gasteiger partial charge < -0.3 is 4.52 Å². The molecule has 0 aromatic heterocycles. The van der Waals surface area contributed by atoms with Crippen molar-refractivity contribution < 1.29 is 4.52 Å². The van der Waals surface area contributed by atoms with Gasteiger partial charge in [0.2, 0.25) is 0 Å². The van der Waals surface area contributed by atoms with Crippen molar-refractivity contribution in [3.63, 3.8) is 0 Å². The van der Waals surface area contributed by atoms with Gasteiger partial charge in [-0.1, -0.05) is 74.4 Å². The maximum Gasteiger partial charge on any atom is 0.350 e. The number of hydrogen-bond donors (Lipinski definition) is 0. The summed E-state index contributed by atoms with van der Waals surface area (Å²) in [4.78, 5) is 0. The minimum absolute atomic E-state index is 0.0509. The molecule has 0 fully saturated rings. The smallest absolute Gasteiger partial charge is 0.350 e. The maximum absolute atomic E-state index is 6.77. The van der Waals surface area contributed by atoms with E-state index in [1.165, 1.54) is 5.56 Å². The number of halogens is 5. The minimum atomic E-state index is -3.38. The Morgan fingerprint density at radius 3 is 1.37 bits per heavy atom. The summed E-state index contributed by atoms with van der Waals surface area (Å²) < 4.78 is 18.9. The normalized spacial score (nSPS) is 23.8. The average Bonchev–Trinajstić information content (AvgIpc) is 2.38. The van der Waals surface area contributed by atoms with Crippen LogP contribution in [0.4, 0.5) is 0 Å². The summed E-state index contributed by atoms with van der Waals surface area (Å²) in [6.45, 7) is 15.9. The molecular weight excluding hydrogens is 544 g/mol. The van der Waals surface area contributed by atoms with Crippen LogP contribution in [0.3, 0.4) is 0 Å². The Kier molecular flexibility index (Phi) is 7.70. The van der Waals surface area contributed by atoms with Crippen LogP contribution < -0.4 is 4.52 Å². The van der Waals surface area contributed by atoms with Crippen LogP contribution in [0.15, 0.2) is 25.7 Å². The SMILES string of the molecule is CC(C)(C)c1cc(C(C)(C)C)c(OP2(Cl)=NP(Cl)(Cl)=NP(Cl)(Cl)=N2)c(C(C)(C)C)c1. The fourth-order valence-corrected chi connectivity index (χ4v) is 19.4. The zero-order valence-electron chi connectivity index (χ0n) is 18.6. The van der Waals surface area contributed by atoms with Crippen molar-refractivity contribution in [1.29, 1.82) is 0 Å². The monoisotopic (exact) mass is 571 g/mol. The molecule has 0 aliphatic carbocycles. The lowest BCUT2D eigenvalue weighted by atomic mass is 9.75. The molecule has 0 amide bonds. The fourth-order valence-electron chi connectivity index (χ4n) is 2.88. The molecule has 0 spiro atoms. The van der Waals surface area contributed by atoms with Gasteiger partial charge >= 0.3 is 6.78 Å². The molecule has 0 bridgehead atoms. The summed E-state index contributed by atoms with van der Waals surface area (Å²) in [5, 5.41) is 0. The Morgan fingerprint density at radius 1 is 0.633 bits per heavy atom. The van der Waals surface area contributed by atoms with Gasteiger partial charge in [-0.3, -0.25) is 0 Å². The topological polar surface area (TPSA) is 46.3 Å². The van der Waals surface area contributed by atoms with Crippen molar-refractivity contribution in [2.24, 2.45) is 13.5 Å². The molecule has 4 nitrogen and oxygen atoms in total. The van der Waals surface area contributed by atoms with Crippen molar-refractivity contribution >= 4 is 74.8 Å². The molecule has 0 saturated heterocycles. The Balaban J connectivity index is 2.91. The molecule has 30 heavy (non-hydrogen) atoms. The molecule has 1 unspecified atom stereocenters. The predicted octanol–water partition coefficient (Wildman–Crippen LogP) is 12.0. The average molecular weight is 574 g/mol. The van der Waals surface area contributed by atoms with E-state index in [0.717, 1.165) is 11.1 Å². The van der Waals surface area contributed by atoms with Gasteiger partial charge in [0, 0.05) is 11.1 Å². The molecule has 172 valence electrons. The van der Waals surface area contributed by atoms with E-state index in [9.17, 15) is 0 Å². The van der Waals surface area contributed by atoms with Gasteiger partial charge in [0.05, 0.1) is 0 Å². The highest BCUT2D eigenvalue weighted by Crippen LogP contribution is 2.86. The molecule has 12 heteroatoms. The largest absolute Gasteiger partial charge is 0.430 e. The van der Waals surface area contributed by atoms with Crippen LogP contribution in [0.1, 0.15) is 79.0 Å². The van der Waals surface area contributed by atoms with Crippen LogP contribution in [-0.4, -0.2) is 0 Å². The number of nitrogens with zero attached hydrogens (tertiary/aromatic N) is 3. The first-order valence-corrected chi connectivity index (χ1v) is 18.9. The van der Waals surface area contributed by atoms with Crippen molar-refractivity contribution in [2.75, 3.05) is 0 Å². The molecular formula is C18H29Cl5N3OP3. The van der Waals surface area contributed by atoms with Gasteiger partial charge in [-0.25, -0.2) is 0 Å². The van der Waals surface area contributed by atoms with E-state index in [0.29, 0.717) is 5.75 Å². The van der Waals surface area contributed by atoms with Gasteiger partial charge in [0.25, 0.3) is 11.8 Å². The van der Waals surface area contributed by atoms with Gasteiger partial charge in [0.15, 0.2) is 0 Å². The number of benzene rings is 1. The predicted molar refractivity (Wildman–Crippen MR) is 140 cm³/mol. The third kappa shape index (κ3) is 6.84. The van der Waals surface area contributed by atoms with Crippen LogP contribution in [0.5, 0.6) is 5.75 Å². The van der Waals surface area contributed by atoms with Crippen LogP contribution in [0, 0.1) is 0 Å². The Bertz CT molecular complexity index is 978. The van der Waals surface area contributed by atoms with Gasteiger partial charge in [0.1, 0.15) is 5.75 Å². The molecule has 1 heterocycles. The molecule has 1 atom stereocenters. The first kappa shape index (κ1) is 27.4. The van der Waals surface area contributed by atoms with E-state index in [1.54, 1.807) is 0 Å². The van der Waals surface area contributed by atoms with E-state index in [2.05, 4.69) is 88.0 Å². The lowest BCUT2D eigenvalue weighted by Crippen LogP contribution is -2.22. The third-order valence-corrected chi connectivity index (χ3v) is 16.3. The summed E-state index contributed by atoms with van der Waals surface area (Å²) in [7, 11) is 0. The highest BCUT2D eigenvalue weighted by Gasteiger charge is 2.38. The molecule has 1 aromatic carbocycles. The third-order valence-electron chi connectivity index (χ3n) is 4.43. The minimum Gasteiger partial charge on any atom is -0.430 e. The van der Waals surface area contributed by atoms with E-state index < -0.39 is 18.6 Å². The van der Waals surface area contributed by atoms with Crippen LogP contribution in [-0.2, 0) is 16.2 Å². The van der Waals surface area contributed by atoms with E-state index >= 15 is 0 Å². The highest BCUT2D eigenvalue weighted by atomic mass is 35.9. The van der Waals surface area contributed by atoms with Crippen molar-refractivity contribution in [3.05, 3.63) is 28.8 Å². The van der Waals surface area contributed by atoms with Crippen molar-refractivity contribution in [3.8, 4) is 5.75 Å². The molecule has 1 aliphatic heterocycles. The lowest BCUT2D eigenvalue weighted by Gasteiger charge is -2.34. The zero-order valence-corrected chi connectivity index (χ0v) is 25.1. The van der Waals surface area contributed by atoms with E-state index in [1.807, 2.05) is 0 Å². The molecule has 1 aliphatic rings. The first-order chi connectivity index (χ1) is 13.0. The maximum atomic E-state index is 6.77. The molecule has 0 N–H and O–H groups in total. The van der Waals surface area contributed by atoms with Gasteiger partial charge in [-0.05, 0) is 78.0 Å². The quantitative estimate of drug-likeness (QED) is 0.325. The summed E-state index contributed by atoms with van der Waals surface area (Å²) in [5.41, 5.74) is 2.66. The Hall–Kier alpha value is 1.16. The summed E-state index contributed by atoms with van der Waals surface area (Å²) in [6, 6.07) is 4.32. The summed E-state index contributed by atoms with van der Waals surface area (Å²) in [5.74, 6) is -5.74. The van der Waals surface area contributed by atoms with Crippen LogP contribution in [0.25, 0.3) is 0 Å². The molecule has 0 radical (unpaired) electrons. The second-order valence-electron chi connectivity index (χ2n) is 10.4. The van der Waals surface area contributed by atoms with Gasteiger partial charge in [-0.2, -0.15) is 13.5 Å². The van der Waals surface area contributed by atoms with Gasteiger partial charge in [-0.15, -0.1) is 0 Å². The highest BCUT2D eigenvalue weighted by molar-refractivity contribution is 8.22. The summed E-state index contributed by atoms with van der Waals surface area (Å²) in [6.07, 6.45) is 0. The van der Waals surface area contributed by atoms with E-state index in [-0.39, 0.29) is 16.2 Å². The fraction of sp³-hybridized carbons (Fsp3) is 0.667. The van der Waals surface area contributed by atoms with Crippen molar-refractivity contribution in [1.82, 2.24) is 0 Å². The Morgan fingerprint density at radius 2 is 1.03 bits per heavy atom. The van der Waals surface area contributed by atoms with Crippen molar-refractivity contribution in [2.45, 2.75) is 78.6 Å². The van der Waals surface area contributed by atoms with Crippen LogP contribution in [0.2, 0.25) is 0 Å². The summed E-state index contributed by atoms with van der Waals surface area (Å²) >= 11 is 31.8. The molecule has 0 saturated carbocycles. The van der Waals surface area contributed by atoms with Crippen LogP contribution >= 0.6 is 74.8 Å². The molecule has 1 aromatic rings. The first-order valence-electron chi connectivity index (χ1n) is 9.34.